The largest absolute Gasteiger partial charge is 0.460 e. The molecule has 2 fully saturated rings. The number of aromatic amines is 1. The lowest BCUT2D eigenvalue weighted by Gasteiger charge is -2.28. The molecule has 2 atom stereocenters. The average molecular weight is 538 g/mol. The Hall–Kier alpha value is -3.01. The van der Waals surface area contributed by atoms with Crippen LogP contribution in [-0.2, 0) is 32.0 Å². The Morgan fingerprint density at radius 1 is 1.21 bits per heavy atom. The van der Waals surface area contributed by atoms with Crippen LogP contribution in [0, 0.1) is 18.8 Å². The fourth-order valence-corrected chi connectivity index (χ4v) is 5.57. The maximum absolute atomic E-state index is 12.9. The SMILES string of the molecule is Cc1cc(-c2nc3cc(CC[C@H](C(=O)OC4CCOC4)C(C)(C)O)ccc3n2CC2CCOCC2)c[nH]c1=O. The number of hydrogen-bond acceptors (Lipinski definition) is 7. The van der Waals surface area contributed by atoms with Crippen LogP contribution in [0.3, 0.4) is 0 Å². The van der Waals surface area contributed by atoms with Crippen molar-refractivity contribution in [1.29, 1.82) is 0 Å². The third kappa shape index (κ3) is 6.42. The molecule has 0 spiro atoms. The van der Waals surface area contributed by atoms with Gasteiger partial charge in [0.1, 0.15) is 11.9 Å². The van der Waals surface area contributed by atoms with Gasteiger partial charge in [-0.25, -0.2) is 4.98 Å². The Balaban J connectivity index is 1.41. The number of H-pyrrole nitrogens is 1. The standard InChI is InChI=1S/C30H39N3O6/c1-19-14-22(16-31-28(19)34)27-32-25-15-20(5-7-26(25)33(27)17-21-8-11-37-12-9-21)4-6-24(30(2,3)36)29(35)39-23-10-13-38-18-23/h5,7,14-16,21,23-24,36H,4,6,8-13,17-18H2,1-3H3,(H,31,34)/t23?,24-/m1/s1. The third-order valence-electron chi connectivity index (χ3n) is 7.97. The lowest BCUT2D eigenvalue weighted by Crippen LogP contribution is -2.39. The van der Waals surface area contributed by atoms with E-state index in [0.717, 1.165) is 60.6 Å². The number of carbonyl (C=O) groups excluding carboxylic acids is 1. The second-order valence-electron chi connectivity index (χ2n) is 11.5. The van der Waals surface area contributed by atoms with Gasteiger partial charge in [-0.2, -0.15) is 0 Å². The number of rotatable bonds is 9. The van der Waals surface area contributed by atoms with Crippen LogP contribution in [0.4, 0.5) is 0 Å². The minimum Gasteiger partial charge on any atom is -0.460 e. The van der Waals surface area contributed by atoms with E-state index in [4.69, 9.17) is 19.2 Å². The summed E-state index contributed by atoms with van der Waals surface area (Å²) in [5.41, 5.74) is 3.14. The second-order valence-corrected chi connectivity index (χ2v) is 11.5. The molecule has 9 nitrogen and oxygen atoms in total. The molecule has 2 aliphatic rings. The van der Waals surface area contributed by atoms with E-state index < -0.39 is 11.5 Å². The molecule has 210 valence electrons. The van der Waals surface area contributed by atoms with Crippen LogP contribution in [0.15, 0.2) is 35.3 Å². The first-order chi connectivity index (χ1) is 18.7. The van der Waals surface area contributed by atoms with E-state index in [1.807, 2.05) is 6.07 Å². The molecule has 1 aromatic carbocycles. The van der Waals surface area contributed by atoms with Gasteiger partial charge in [0, 0.05) is 43.5 Å². The number of hydrogen-bond donors (Lipinski definition) is 2. The fraction of sp³-hybridized carbons (Fsp3) is 0.567. The Morgan fingerprint density at radius 2 is 1.97 bits per heavy atom. The zero-order valence-corrected chi connectivity index (χ0v) is 23.1. The molecule has 1 unspecified atom stereocenters. The minimum absolute atomic E-state index is 0.103. The second kappa shape index (κ2) is 11.6. The molecule has 4 heterocycles. The molecule has 0 saturated carbocycles. The van der Waals surface area contributed by atoms with E-state index in [1.54, 1.807) is 27.0 Å². The lowest BCUT2D eigenvalue weighted by atomic mass is 9.86. The van der Waals surface area contributed by atoms with Gasteiger partial charge < -0.3 is 28.9 Å². The van der Waals surface area contributed by atoms with E-state index in [1.165, 1.54) is 0 Å². The molecule has 9 heteroatoms. The van der Waals surface area contributed by atoms with E-state index >= 15 is 0 Å². The quantitative estimate of drug-likeness (QED) is 0.399. The van der Waals surface area contributed by atoms with Crippen molar-refractivity contribution in [2.45, 2.75) is 71.1 Å². The van der Waals surface area contributed by atoms with E-state index in [-0.39, 0.29) is 17.6 Å². The molecule has 39 heavy (non-hydrogen) atoms. The van der Waals surface area contributed by atoms with Gasteiger partial charge in [0.05, 0.1) is 35.8 Å². The maximum atomic E-state index is 12.9. The topological polar surface area (TPSA) is 116 Å². The predicted octanol–water partition coefficient (Wildman–Crippen LogP) is 3.78. The summed E-state index contributed by atoms with van der Waals surface area (Å²) in [6.45, 7) is 8.48. The number of benzene rings is 1. The van der Waals surface area contributed by atoms with Crippen LogP contribution in [0.1, 0.15) is 50.7 Å². The predicted molar refractivity (Wildman–Crippen MR) is 147 cm³/mol. The van der Waals surface area contributed by atoms with Crippen LogP contribution in [0.2, 0.25) is 0 Å². The number of nitrogens with zero attached hydrogens (tertiary/aromatic N) is 2. The highest BCUT2D eigenvalue weighted by Crippen LogP contribution is 2.30. The number of ether oxygens (including phenoxy) is 3. The first kappa shape index (κ1) is 27.6. The molecule has 0 amide bonds. The Morgan fingerprint density at radius 3 is 2.67 bits per heavy atom. The summed E-state index contributed by atoms with van der Waals surface area (Å²) >= 11 is 0. The van der Waals surface area contributed by atoms with Crippen molar-refractivity contribution in [2.24, 2.45) is 11.8 Å². The lowest BCUT2D eigenvalue weighted by molar-refractivity contribution is -0.162. The fourth-order valence-electron chi connectivity index (χ4n) is 5.57. The maximum Gasteiger partial charge on any atom is 0.312 e. The number of aromatic nitrogens is 3. The van der Waals surface area contributed by atoms with E-state index in [9.17, 15) is 14.7 Å². The highest BCUT2D eigenvalue weighted by molar-refractivity contribution is 5.81. The van der Waals surface area contributed by atoms with Crippen LogP contribution in [0.5, 0.6) is 0 Å². The number of fused-ring (bicyclic) bond motifs is 1. The van der Waals surface area contributed by atoms with Crippen LogP contribution < -0.4 is 5.56 Å². The highest BCUT2D eigenvalue weighted by Gasteiger charge is 2.36. The first-order valence-electron chi connectivity index (χ1n) is 14.0. The normalized spacial score (nSPS) is 19.4. The number of imidazole rings is 1. The number of aryl methyl sites for hydroxylation is 2. The van der Waals surface area contributed by atoms with Crippen LogP contribution >= 0.6 is 0 Å². The van der Waals surface area contributed by atoms with Gasteiger partial charge in [0.2, 0.25) is 0 Å². The molecular formula is C30H39N3O6. The van der Waals surface area contributed by atoms with Gasteiger partial charge in [-0.1, -0.05) is 6.07 Å². The number of esters is 1. The number of carbonyl (C=O) groups is 1. The first-order valence-corrected chi connectivity index (χ1v) is 14.0. The minimum atomic E-state index is -1.21. The summed E-state index contributed by atoms with van der Waals surface area (Å²) in [5, 5.41) is 10.8. The zero-order chi connectivity index (χ0) is 27.6. The molecule has 0 radical (unpaired) electrons. The molecule has 5 rings (SSSR count). The van der Waals surface area contributed by atoms with Crippen molar-refractivity contribution in [3.63, 3.8) is 0 Å². The molecule has 2 saturated heterocycles. The van der Waals surface area contributed by atoms with Gasteiger partial charge in [-0.15, -0.1) is 0 Å². The molecule has 2 N–H and O–H groups in total. The Kier molecular flexibility index (Phi) is 8.21. The number of nitrogens with one attached hydrogen (secondary N) is 1. The van der Waals surface area contributed by atoms with Crippen molar-refractivity contribution in [1.82, 2.24) is 14.5 Å². The number of pyridine rings is 1. The van der Waals surface area contributed by atoms with Gasteiger partial charge in [-0.3, -0.25) is 9.59 Å². The van der Waals surface area contributed by atoms with Gasteiger partial charge in [0.15, 0.2) is 0 Å². The molecule has 0 aliphatic carbocycles. The molecule has 3 aromatic rings. The van der Waals surface area contributed by atoms with Crippen molar-refractivity contribution >= 4 is 17.0 Å². The Labute approximate surface area is 228 Å². The summed E-state index contributed by atoms with van der Waals surface area (Å²) in [7, 11) is 0. The van der Waals surface area contributed by atoms with Gasteiger partial charge in [0.25, 0.3) is 5.56 Å². The molecular weight excluding hydrogens is 498 g/mol. The summed E-state index contributed by atoms with van der Waals surface area (Å²) in [4.78, 5) is 32.8. The van der Waals surface area contributed by atoms with Crippen molar-refractivity contribution in [2.75, 3.05) is 26.4 Å². The monoisotopic (exact) mass is 537 g/mol. The van der Waals surface area contributed by atoms with E-state index in [0.29, 0.717) is 44.0 Å². The average Bonchev–Trinajstić information content (AvgIpc) is 3.53. The van der Waals surface area contributed by atoms with Gasteiger partial charge >= 0.3 is 5.97 Å². The summed E-state index contributed by atoms with van der Waals surface area (Å²) in [6.07, 6.45) is 5.23. The highest BCUT2D eigenvalue weighted by atomic mass is 16.6. The number of aliphatic hydroxyl groups is 1. The third-order valence-corrected chi connectivity index (χ3v) is 7.97. The van der Waals surface area contributed by atoms with Crippen molar-refractivity contribution in [3.05, 3.63) is 51.9 Å². The van der Waals surface area contributed by atoms with Crippen LogP contribution in [0.25, 0.3) is 22.4 Å². The summed E-state index contributed by atoms with van der Waals surface area (Å²) in [6, 6.07) is 8.11. The molecule has 0 bridgehead atoms. The van der Waals surface area contributed by atoms with Crippen molar-refractivity contribution in [3.8, 4) is 11.4 Å². The molecule has 2 aliphatic heterocycles. The van der Waals surface area contributed by atoms with Gasteiger partial charge in [-0.05, 0) is 76.1 Å². The zero-order valence-electron chi connectivity index (χ0n) is 23.1. The molecule has 2 aromatic heterocycles. The Bertz CT molecular complexity index is 1360. The van der Waals surface area contributed by atoms with Crippen LogP contribution in [-0.4, -0.2) is 63.7 Å². The van der Waals surface area contributed by atoms with Crippen molar-refractivity contribution < 1.29 is 24.1 Å². The summed E-state index contributed by atoms with van der Waals surface area (Å²) in [5.74, 6) is 0.280. The summed E-state index contributed by atoms with van der Waals surface area (Å²) < 4.78 is 18.8. The smallest absolute Gasteiger partial charge is 0.312 e. The van der Waals surface area contributed by atoms with E-state index in [2.05, 4.69) is 27.8 Å².